The summed E-state index contributed by atoms with van der Waals surface area (Å²) in [7, 11) is 0. The van der Waals surface area contributed by atoms with E-state index in [0.717, 1.165) is 6.07 Å². The van der Waals surface area contributed by atoms with E-state index in [1.54, 1.807) is 19.9 Å². The molecule has 1 amide bonds. The quantitative estimate of drug-likeness (QED) is 0.618. The Morgan fingerprint density at radius 1 is 1.41 bits per heavy atom. The molecule has 142 valence electrons. The van der Waals surface area contributed by atoms with Crippen LogP contribution in [0.4, 0.5) is 8.78 Å². The minimum absolute atomic E-state index is 0.0343. The molecule has 2 N–H and O–H groups in total. The number of hydrogen-bond acceptors (Lipinski definition) is 4. The highest BCUT2D eigenvalue weighted by molar-refractivity contribution is 6.31. The van der Waals surface area contributed by atoms with E-state index in [0.29, 0.717) is 18.2 Å². The van der Waals surface area contributed by atoms with Crippen LogP contribution in [0.5, 0.6) is 5.75 Å². The molecule has 5 nitrogen and oxygen atoms in total. The minimum atomic E-state index is -1.14. The summed E-state index contributed by atoms with van der Waals surface area (Å²) in [6.45, 7) is 7.50. The number of benzene rings is 1. The second kappa shape index (κ2) is 6.81. The van der Waals surface area contributed by atoms with Gasteiger partial charge < -0.3 is 15.2 Å². The van der Waals surface area contributed by atoms with Gasteiger partial charge in [0.05, 0.1) is 11.6 Å². The zero-order valence-electron chi connectivity index (χ0n) is 14.7. The molecule has 1 atom stereocenters. The van der Waals surface area contributed by atoms with E-state index in [-0.39, 0.29) is 40.1 Å². The summed E-state index contributed by atoms with van der Waals surface area (Å²) in [6.07, 6.45) is 0. The van der Waals surface area contributed by atoms with Crippen molar-refractivity contribution in [3.63, 3.8) is 0 Å². The predicted octanol–water partition coefficient (Wildman–Crippen LogP) is 3.82. The van der Waals surface area contributed by atoms with Crippen molar-refractivity contribution in [2.75, 3.05) is 13.2 Å². The molecule has 1 aliphatic rings. The third-order valence-corrected chi connectivity index (χ3v) is 4.78. The van der Waals surface area contributed by atoms with E-state index < -0.39 is 23.0 Å². The standard InChI is InChI=1S/C19H17ClF2N2O3/c1-4-26-9(2)15-6-11-17(27-8-19(11,3)18(23)25)16(24-15)10-5-12(20)14(22)7-13(10)21/h5-7H,2,4,8H2,1,3H3,(H2,23,25)/t19-/m0/s1. The first-order chi connectivity index (χ1) is 12.7. The number of ether oxygens (including phenoxy) is 2. The molecular weight excluding hydrogens is 378 g/mol. The fourth-order valence-electron chi connectivity index (χ4n) is 2.87. The molecule has 1 aromatic carbocycles. The second-order valence-electron chi connectivity index (χ2n) is 6.32. The highest BCUT2D eigenvalue weighted by Crippen LogP contribution is 2.46. The topological polar surface area (TPSA) is 74.4 Å². The maximum atomic E-state index is 14.5. The van der Waals surface area contributed by atoms with Gasteiger partial charge in [0.25, 0.3) is 0 Å². The molecule has 27 heavy (non-hydrogen) atoms. The number of halogens is 3. The smallest absolute Gasteiger partial charge is 0.231 e. The van der Waals surface area contributed by atoms with Crippen molar-refractivity contribution >= 4 is 23.3 Å². The molecule has 0 fully saturated rings. The van der Waals surface area contributed by atoms with Gasteiger partial charge in [0, 0.05) is 17.2 Å². The van der Waals surface area contributed by atoms with Gasteiger partial charge in [-0.3, -0.25) is 4.79 Å². The monoisotopic (exact) mass is 394 g/mol. The van der Waals surface area contributed by atoms with Crippen molar-refractivity contribution in [1.82, 2.24) is 4.98 Å². The third-order valence-electron chi connectivity index (χ3n) is 4.49. The highest BCUT2D eigenvalue weighted by Gasteiger charge is 2.44. The number of pyridine rings is 1. The summed E-state index contributed by atoms with van der Waals surface area (Å²) in [6, 6.07) is 3.36. The fraction of sp³-hybridized carbons (Fsp3) is 0.263. The van der Waals surface area contributed by atoms with Crippen molar-refractivity contribution in [1.29, 1.82) is 0 Å². The van der Waals surface area contributed by atoms with Crippen LogP contribution in [0.1, 0.15) is 25.1 Å². The van der Waals surface area contributed by atoms with E-state index in [9.17, 15) is 13.6 Å². The number of rotatable bonds is 5. The van der Waals surface area contributed by atoms with Gasteiger partial charge in [0.2, 0.25) is 5.91 Å². The SMILES string of the molecule is C=C(OCC)c1cc2c(c(-c3cc(Cl)c(F)cc3F)n1)OC[C@]2(C)C(N)=O. The minimum Gasteiger partial charge on any atom is -0.492 e. The van der Waals surface area contributed by atoms with E-state index in [1.807, 2.05) is 0 Å². The van der Waals surface area contributed by atoms with Gasteiger partial charge in [-0.05, 0) is 26.0 Å². The molecule has 8 heteroatoms. The molecule has 0 radical (unpaired) electrons. The number of carbonyl (C=O) groups is 1. The molecule has 2 heterocycles. The lowest BCUT2D eigenvalue weighted by Crippen LogP contribution is -2.39. The summed E-state index contributed by atoms with van der Waals surface area (Å²) in [5, 5.41) is -0.272. The van der Waals surface area contributed by atoms with Crippen molar-refractivity contribution in [2.24, 2.45) is 5.73 Å². The Morgan fingerprint density at radius 3 is 2.74 bits per heavy atom. The van der Waals surface area contributed by atoms with Crippen LogP contribution >= 0.6 is 11.6 Å². The Kier molecular flexibility index (Phi) is 4.82. The number of nitrogens with two attached hydrogens (primary N) is 1. The van der Waals surface area contributed by atoms with Crippen LogP contribution in [0.25, 0.3) is 17.0 Å². The summed E-state index contributed by atoms with van der Waals surface area (Å²) in [4.78, 5) is 16.4. The zero-order valence-corrected chi connectivity index (χ0v) is 15.5. The summed E-state index contributed by atoms with van der Waals surface area (Å²) in [5.41, 5.74) is 5.11. The maximum Gasteiger partial charge on any atom is 0.231 e. The second-order valence-corrected chi connectivity index (χ2v) is 6.73. The molecular formula is C19H17ClF2N2O3. The lowest BCUT2D eigenvalue weighted by molar-refractivity contribution is -0.123. The average molecular weight is 395 g/mol. The molecule has 1 aliphatic heterocycles. The van der Waals surface area contributed by atoms with Crippen molar-refractivity contribution < 1.29 is 23.0 Å². The van der Waals surface area contributed by atoms with Gasteiger partial charge in [0.15, 0.2) is 0 Å². The lowest BCUT2D eigenvalue weighted by atomic mass is 9.83. The predicted molar refractivity (Wildman–Crippen MR) is 97.3 cm³/mol. The van der Waals surface area contributed by atoms with Gasteiger partial charge in [-0.2, -0.15) is 0 Å². The molecule has 0 spiro atoms. The van der Waals surface area contributed by atoms with Crippen molar-refractivity contribution in [2.45, 2.75) is 19.3 Å². The molecule has 2 aromatic rings. The van der Waals surface area contributed by atoms with Gasteiger partial charge in [-0.25, -0.2) is 13.8 Å². The number of amides is 1. The Morgan fingerprint density at radius 2 is 2.11 bits per heavy atom. The van der Waals surface area contributed by atoms with Crippen molar-refractivity contribution in [3.8, 4) is 17.0 Å². The first kappa shape index (κ1) is 19.1. The Balaban J connectivity index is 2.30. The molecule has 0 aliphatic carbocycles. The van der Waals surface area contributed by atoms with E-state index >= 15 is 0 Å². The number of hydrogen-bond donors (Lipinski definition) is 1. The van der Waals surface area contributed by atoms with Crippen LogP contribution in [-0.2, 0) is 14.9 Å². The number of carbonyl (C=O) groups excluding carboxylic acids is 1. The van der Waals surface area contributed by atoms with Crippen LogP contribution < -0.4 is 10.5 Å². The van der Waals surface area contributed by atoms with Crippen LogP contribution in [-0.4, -0.2) is 24.1 Å². The van der Waals surface area contributed by atoms with E-state index in [2.05, 4.69) is 11.6 Å². The Bertz CT molecular complexity index is 964. The third kappa shape index (κ3) is 3.12. The molecule has 0 saturated carbocycles. The number of nitrogens with zero attached hydrogens (tertiary/aromatic N) is 1. The first-order valence-corrected chi connectivity index (χ1v) is 8.52. The van der Waals surface area contributed by atoms with Crippen LogP contribution in [0.15, 0.2) is 24.8 Å². The molecule has 3 rings (SSSR count). The van der Waals surface area contributed by atoms with Crippen LogP contribution in [0.3, 0.4) is 0 Å². The normalized spacial score (nSPS) is 18.0. The lowest BCUT2D eigenvalue weighted by Gasteiger charge is -2.19. The number of primary amides is 1. The zero-order chi connectivity index (χ0) is 19.9. The fourth-order valence-corrected chi connectivity index (χ4v) is 3.03. The van der Waals surface area contributed by atoms with Gasteiger partial charge in [-0.1, -0.05) is 18.2 Å². The van der Waals surface area contributed by atoms with Crippen molar-refractivity contribution in [3.05, 3.63) is 52.7 Å². The largest absolute Gasteiger partial charge is 0.492 e. The van der Waals surface area contributed by atoms with Gasteiger partial charge in [-0.15, -0.1) is 0 Å². The Hall–Kier alpha value is -2.67. The number of fused-ring (bicyclic) bond motifs is 1. The summed E-state index contributed by atoms with van der Waals surface area (Å²) in [5.74, 6) is -1.96. The van der Waals surface area contributed by atoms with Gasteiger partial charge in [0.1, 0.15) is 46.6 Å². The molecule has 0 bridgehead atoms. The maximum absolute atomic E-state index is 14.5. The summed E-state index contributed by atoms with van der Waals surface area (Å²) < 4.78 is 39.1. The van der Waals surface area contributed by atoms with Crippen LogP contribution in [0, 0.1) is 11.6 Å². The Labute approximate surface area is 159 Å². The van der Waals surface area contributed by atoms with E-state index in [1.165, 1.54) is 0 Å². The van der Waals surface area contributed by atoms with E-state index in [4.69, 9.17) is 26.8 Å². The number of aromatic nitrogens is 1. The molecule has 0 saturated heterocycles. The first-order valence-electron chi connectivity index (χ1n) is 8.14. The average Bonchev–Trinajstić information content (AvgIpc) is 2.96. The molecule has 1 aromatic heterocycles. The molecule has 0 unspecified atom stereocenters. The van der Waals surface area contributed by atoms with Gasteiger partial charge >= 0.3 is 0 Å². The highest BCUT2D eigenvalue weighted by atomic mass is 35.5. The van der Waals surface area contributed by atoms with Crippen LogP contribution in [0.2, 0.25) is 5.02 Å². The summed E-state index contributed by atoms with van der Waals surface area (Å²) >= 11 is 5.82.